The van der Waals surface area contributed by atoms with Crippen molar-refractivity contribution in [3.8, 4) is 0 Å². The molecule has 3 aromatic rings. The summed E-state index contributed by atoms with van der Waals surface area (Å²) in [6.45, 7) is 7.46. The van der Waals surface area contributed by atoms with E-state index in [9.17, 15) is 28.8 Å². The van der Waals surface area contributed by atoms with E-state index in [4.69, 9.17) is 17.2 Å². The summed E-state index contributed by atoms with van der Waals surface area (Å²) >= 11 is 0. The minimum Gasteiger partial charge on any atom is -0.370 e. The first kappa shape index (κ1) is 48.2. The zero-order valence-corrected chi connectivity index (χ0v) is 36.4. The van der Waals surface area contributed by atoms with Crippen LogP contribution in [0.15, 0.2) is 83.9 Å². The summed E-state index contributed by atoms with van der Waals surface area (Å²) in [5.74, 6) is -3.67. The summed E-state index contributed by atoms with van der Waals surface area (Å²) in [7, 11) is 0. The van der Waals surface area contributed by atoms with E-state index in [1.54, 1.807) is 0 Å². The Morgan fingerprint density at radius 1 is 0.790 bits per heavy atom. The van der Waals surface area contributed by atoms with Crippen molar-refractivity contribution in [1.82, 2.24) is 26.6 Å². The summed E-state index contributed by atoms with van der Waals surface area (Å²) < 4.78 is 0. The second kappa shape index (κ2) is 23.5. The number of aryl methyl sites for hydroxylation is 2. The third-order valence-corrected chi connectivity index (χ3v) is 11.2. The van der Waals surface area contributed by atoms with Gasteiger partial charge < -0.3 is 43.8 Å². The summed E-state index contributed by atoms with van der Waals surface area (Å²) in [6, 6.07) is 19.1. The molecule has 0 aliphatic heterocycles. The van der Waals surface area contributed by atoms with Crippen LogP contribution >= 0.6 is 0 Å². The highest BCUT2D eigenvalue weighted by Crippen LogP contribution is 2.32. The fourth-order valence-corrected chi connectivity index (χ4v) is 7.78. The van der Waals surface area contributed by atoms with Crippen molar-refractivity contribution >= 4 is 47.0 Å². The van der Waals surface area contributed by atoms with Crippen LogP contribution in [0.3, 0.4) is 0 Å². The van der Waals surface area contributed by atoms with Crippen LogP contribution in [0.1, 0.15) is 92.2 Å². The first-order chi connectivity index (χ1) is 29.7. The number of aliphatic imine (C=N–C) groups is 1. The highest BCUT2D eigenvalue weighted by Gasteiger charge is 2.44. The van der Waals surface area contributed by atoms with Gasteiger partial charge in [0.1, 0.15) is 23.7 Å². The van der Waals surface area contributed by atoms with Gasteiger partial charge >= 0.3 is 0 Å². The zero-order chi connectivity index (χ0) is 45.2. The quantitative estimate of drug-likeness (QED) is 0.0423. The largest absolute Gasteiger partial charge is 0.370 e. The number of hydrogen-bond donors (Lipinski definition) is 8. The molecule has 0 heterocycles. The molecule has 0 saturated heterocycles. The van der Waals surface area contributed by atoms with Crippen molar-refractivity contribution in [3.05, 3.63) is 112 Å². The fraction of sp³-hybridized carbons (Fsp3) is 0.426. The number of allylic oxidation sites excluding steroid dienone is 1. The van der Waals surface area contributed by atoms with Crippen molar-refractivity contribution in [2.45, 2.75) is 116 Å². The number of nitrogens with one attached hydrogen (secondary N) is 5. The van der Waals surface area contributed by atoms with E-state index in [2.05, 4.69) is 31.6 Å². The highest BCUT2D eigenvalue weighted by molar-refractivity contribution is 5.98. The molecule has 6 amide bonds. The SMILES string of the molecule is C/C=C(/C[C@H](NC(=O)[C@H](CCCN=C(N)N)NC(=O)[C@@H](Cc1ccccc1)NC(=O)C1(NC(=O)CCCC)CCc2c(C)cccc2C1)C(=O)NCC(N)=O)c1ccccc1C. The normalized spacial score (nSPS) is 16.0. The van der Waals surface area contributed by atoms with Crippen LogP contribution in [0.25, 0.3) is 5.57 Å². The third kappa shape index (κ3) is 14.0. The van der Waals surface area contributed by atoms with Gasteiger partial charge in [0.15, 0.2) is 5.96 Å². The Morgan fingerprint density at radius 3 is 2.15 bits per heavy atom. The molecule has 0 spiro atoms. The molecular weight excluding hydrogens is 787 g/mol. The van der Waals surface area contributed by atoms with E-state index < -0.39 is 59.7 Å². The standard InChI is InChI=1S/C47H63N9O6/c1-5-7-22-41(58)56-47(24-23-36-31(4)16-13-19-34(36)28-47)45(62)55-38(26-32-17-9-8-10-18-32)44(61)53-37(21-14-25-51-46(49)50)43(60)54-39(42(59)52-29-40(48)57)27-33(6-2)35-20-12-11-15-30(35)3/h6,8-13,15-20,37-39H,5,7,14,21-29H2,1-4H3,(H2,48,57)(H,52,59)(H,53,61)(H,54,60)(H,55,62)(H,56,58)(H4,49,50,51)/b33-6-/t37-,38+,39-,47?/m0/s1. The summed E-state index contributed by atoms with van der Waals surface area (Å²) in [5, 5.41) is 14.2. The molecule has 15 heteroatoms. The molecule has 0 saturated carbocycles. The van der Waals surface area contributed by atoms with Gasteiger partial charge in [0.25, 0.3) is 0 Å². The predicted molar refractivity (Wildman–Crippen MR) is 241 cm³/mol. The first-order valence-corrected chi connectivity index (χ1v) is 21.3. The Hall–Kier alpha value is -6.51. The summed E-state index contributed by atoms with van der Waals surface area (Å²) in [5.41, 5.74) is 21.6. The maximum Gasteiger partial charge on any atom is 0.246 e. The molecule has 1 aliphatic rings. The van der Waals surface area contributed by atoms with Gasteiger partial charge in [-0.05, 0) is 91.8 Å². The van der Waals surface area contributed by atoms with Crippen molar-refractivity contribution in [2.75, 3.05) is 13.1 Å². The molecule has 11 N–H and O–H groups in total. The van der Waals surface area contributed by atoms with Gasteiger partial charge in [0.05, 0.1) is 6.54 Å². The van der Waals surface area contributed by atoms with Crippen LogP contribution in [-0.4, -0.2) is 78.2 Å². The van der Waals surface area contributed by atoms with Crippen molar-refractivity contribution in [1.29, 1.82) is 0 Å². The zero-order valence-electron chi connectivity index (χ0n) is 36.4. The monoisotopic (exact) mass is 849 g/mol. The van der Waals surface area contributed by atoms with Crippen molar-refractivity contribution < 1.29 is 28.8 Å². The van der Waals surface area contributed by atoms with Gasteiger partial charge in [-0.15, -0.1) is 0 Å². The number of carbonyl (C=O) groups excluding carboxylic acids is 6. The molecule has 3 aromatic carbocycles. The smallest absolute Gasteiger partial charge is 0.246 e. The minimum atomic E-state index is -1.34. The molecule has 0 radical (unpaired) electrons. The van der Waals surface area contributed by atoms with Gasteiger partial charge in [-0.3, -0.25) is 33.8 Å². The number of fused-ring (bicyclic) bond motifs is 1. The lowest BCUT2D eigenvalue weighted by Crippen LogP contribution is -2.65. The number of hydrogen-bond acceptors (Lipinski definition) is 7. The maximum absolute atomic E-state index is 14.7. The highest BCUT2D eigenvalue weighted by atomic mass is 16.2. The van der Waals surface area contributed by atoms with Gasteiger partial charge in [-0.1, -0.05) is 92.2 Å². The third-order valence-electron chi connectivity index (χ3n) is 11.2. The van der Waals surface area contributed by atoms with Crippen LogP contribution in [-0.2, 0) is 48.0 Å². The first-order valence-electron chi connectivity index (χ1n) is 21.3. The number of amides is 6. The number of nitrogens with zero attached hydrogens (tertiary/aromatic N) is 1. The Bertz CT molecular complexity index is 2120. The number of rotatable bonds is 22. The molecule has 0 aromatic heterocycles. The lowest BCUT2D eigenvalue weighted by Gasteiger charge is -2.39. The Kier molecular flexibility index (Phi) is 18.2. The molecule has 15 nitrogen and oxygen atoms in total. The molecular formula is C47H63N9O6. The Balaban J connectivity index is 1.68. The van der Waals surface area contributed by atoms with Crippen LogP contribution in [0.2, 0.25) is 0 Å². The molecule has 0 fully saturated rings. The van der Waals surface area contributed by atoms with Gasteiger partial charge in [0, 0.05) is 32.2 Å². The molecule has 332 valence electrons. The molecule has 1 unspecified atom stereocenters. The minimum absolute atomic E-state index is 0.0494. The van der Waals surface area contributed by atoms with Crippen LogP contribution in [0.5, 0.6) is 0 Å². The second-order valence-electron chi connectivity index (χ2n) is 15.9. The number of benzene rings is 3. The van der Waals surface area contributed by atoms with Crippen LogP contribution < -0.4 is 43.8 Å². The van der Waals surface area contributed by atoms with E-state index >= 15 is 0 Å². The number of unbranched alkanes of at least 4 members (excludes halogenated alkanes) is 1. The van der Waals surface area contributed by atoms with Gasteiger partial charge in [-0.25, -0.2) is 0 Å². The topological polar surface area (TPSA) is 253 Å². The van der Waals surface area contributed by atoms with Crippen LogP contribution in [0.4, 0.5) is 0 Å². The number of carbonyl (C=O) groups is 6. The molecule has 62 heavy (non-hydrogen) atoms. The number of nitrogens with two attached hydrogens (primary N) is 3. The lowest BCUT2D eigenvalue weighted by molar-refractivity contribution is -0.137. The van der Waals surface area contributed by atoms with Crippen LogP contribution in [0, 0.1) is 13.8 Å². The maximum atomic E-state index is 14.7. The van der Waals surface area contributed by atoms with Gasteiger partial charge in [-0.2, -0.15) is 0 Å². The number of guanidine groups is 1. The Morgan fingerprint density at radius 2 is 1.47 bits per heavy atom. The average molecular weight is 850 g/mol. The van der Waals surface area contributed by atoms with Crippen molar-refractivity contribution in [3.63, 3.8) is 0 Å². The van der Waals surface area contributed by atoms with Gasteiger partial charge in [0.2, 0.25) is 35.4 Å². The van der Waals surface area contributed by atoms with E-state index in [0.717, 1.165) is 45.4 Å². The van der Waals surface area contributed by atoms with E-state index in [0.29, 0.717) is 19.3 Å². The summed E-state index contributed by atoms with van der Waals surface area (Å²) in [4.78, 5) is 86.3. The van der Waals surface area contributed by atoms with E-state index in [1.807, 2.05) is 107 Å². The van der Waals surface area contributed by atoms with E-state index in [1.165, 1.54) is 0 Å². The molecule has 4 rings (SSSR count). The van der Waals surface area contributed by atoms with Crippen molar-refractivity contribution in [2.24, 2.45) is 22.2 Å². The second-order valence-corrected chi connectivity index (χ2v) is 15.9. The average Bonchev–Trinajstić information content (AvgIpc) is 3.24. The molecule has 0 bridgehead atoms. The summed E-state index contributed by atoms with van der Waals surface area (Å²) in [6.07, 6.45) is 5.08. The number of primary amides is 1. The molecule has 1 aliphatic carbocycles. The fourth-order valence-electron chi connectivity index (χ4n) is 7.78. The predicted octanol–water partition coefficient (Wildman–Crippen LogP) is 2.68. The Labute approximate surface area is 364 Å². The molecule has 4 atom stereocenters. The van der Waals surface area contributed by atoms with E-state index in [-0.39, 0.29) is 56.9 Å². The lowest BCUT2D eigenvalue weighted by atomic mass is 9.75.